The van der Waals surface area contributed by atoms with Crippen LogP contribution in [0.2, 0.25) is 0 Å². The first-order chi connectivity index (χ1) is 6.86. The minimum atomic E-state index is 0.543. The molecule has 0 bridgehead atoms. The molecule has 0 radical (unpaired) electrons. The van der Waals surface area contributed by atoms with Crippen LogP contribution >= 0.6 is 0 Å². The molecule has 2 rings (SSSR count). The van der Waals surface area contributed by atoms with Crippen molar-refractivity contribution in [3.63, 3.8) is 0 Å². The molecule has 0 unspecified atom stereocenters. The van der Waals surface area contributed by atoms with Crippen LogP contribution in [0.5, 0.6) is 0 Å². The predicted octanol–water partition coefficient (Wildman–Crippen LogP) is 0.828. The lowest BCUT2D eigenvalue weighted by Gasteiger charge is -2.25. The molecule has 4 heteroatoms. The molecule has 0 atom stereocenters. The maximum absolute atomic E-state index is 5.80. The summed E-state index contributed by atoms with van der Waals surface area (Å²) in [6.07, 6.45) is 5.76. The molecule has 14 heavy (non-hydrogen) atoms. The number of nitrogens with zero attached hydrogens (tertiary/aromatic N) is 1. The van der Waals surface area contributed by atoms with E-state index in [1.54, 1.807) is 12.4 Å². The van der Waals surface area contributed by atoms with E-state index in [4.69, 9.17) is 5.73 Å². The molecular weight excluding hydrogens is 176 g/mol. The average Bonchev–Trinajstić information content (AvgIpc) is 2.23. The van der Waals surface area contributed by atoms with Gasteiger partial charge in [-0.25, -0.2) is 0 Å². The topological polar surface area (TPSA) is 63.0 Å². The number of rotatable bonds is 2. The fraction of sp³-hybridized carbons (Fsp3) is 0.500. The minimum Gasteiger partial charge on any atom is -0.396 e. The molecule has 76 valence electrons. The number of aromatic nitrogens is 1. The van der Waals surface area contributed by atoms with Gasteiger partial charge in [-0.2, -0.15) is 0 Å². The van der Waals surface area contributed by atoms with E-state index in [1.807, 2.05) is 6.07 Å². The zero-order valence-electron chi connectivity index (χ0n) is 8.16. The van der Waals surface area contributed by atoms with Gasteiger partial charge in [0, 0.05) is 12.2 Å². The predicted molar refractivity (Wildman–Crippen MR) is 58.2 cm³/mol. The summed E-state index contributed by atoms with van der Waals surface area (Å²) >= 11 is 0. The summed E-state index contributed by atoms with van der Waals surface area (Å²) in [6, 6.07) is 2.47. The van der Waals surface area contributed by atoms with Crippen molar-refractivity contribution in [2.75, 3.05) is 24.1 Å². The Kier molecular flexibility index (Phi) is 2.84. The maximum atomic E-state index is 5.80. The zero-order valence-corrected chi connectivity index (χ0v) is 8.16. The Labute approximate surface area is 83.9 Å². The fourth-order valence-corrected chi connectivity index (χ4v) is 1.72. The van der Waals surface area contributed by atoms with Gasteiger partial charge >= 0.3 is 0 Å². The highest BCUT2D eigenvalue weighted by molar-refractivity contribution is 5.64. The van der Waals surface area contributed by atoms with E-state index in [9.17, 15) is 0 Å². The maximum Gasteiger partial charge on any atom is 0.0736 e. The summed E-state index contributed by atoms with van der Waals surface area (Å²) in [7, 11) is 0. The molecule has 2 heterocycles. The summed E-state index contributed by atoms with van der Waals surface area (Å²) < 4.78 is 0. The first-order valence-corrected chi connectivity index (χ1v) is 5.03. The van der Waals surface area contributed by atoms with Gasteiger partial charge in [0.25, 0.3) is 0 Å². The van der Waals surface area contributed by atoms with Gasteiger partial charge in [0.15, 0.2) is 0 Å². The van der Waals surface area contributed by atoms with Gasteiger partial charge in [-0.1, -0.05) is 0 Å². The number of piperidine rings is 1. The van der Waals surface area contributed by atoms with Crippen molar-refractivity contribution in [3.8, 4) is 0 Å². The second kappa shape index (κ2) is 4.28. The highest BCUT2D eigenvalue weighted by Crippen LogP contribution is 2.18. The summed E-state index contributed by atoms with van der Waals surface area (Å²) in [5.41, 5.74) is 7.53. The molecule has 4 nitrogen and oxygen atoms in total. The summed E-state index contributed by atoms with van der Waals surface area (Å²) in [6.45, 7) is 2.17. The molecule has 0 amide bonds. The number of hydrogen-bond donors (Lipinski definition) is 3. The van der Waals surface area contributed by atoms with E-state index in [0.29, 0.717) is 6.04 Å². The number of anilines is 2. The Balaban J connectivity index is 1.99. The molecule has 0 spiro atoms. The van der Waals surface area contributed by atoms with Crippen molar-refractivity contribution >= 4 is 11.4 Å². The van der Waals surface area contributed by atoms with Gasteiger partial charge in [0.05, 0.1) is 17.6 Å². The van der Waals surface area contributed by atoms with Gasteiger partial charge in [0.2, 0.25) is 0 Å². The molecule has 1 aromatic heterocycles. The second-order valence-corrected chi connectivity index (χ2v) is 3.63. The largest absolute Gasteiger partial charge is 0.396 e. The van der Waals surface area contributed by atoms with E-state index in [1.165, 1.54) is 0 Å². The van der Waals surface area contributed by atoms with Crippen LogP contribution in [0.1, 0.15) is 12.8 Å². The lowest BCUT2D eigenvalue weighted by Crippen LogP contribution is -2.35. The third-order valence-electron chi connectivity index (χ3n) is 2.55. The lowest BCUT2D eigenvalue weighted by atomic mass is 10.1. The van der Waals surface area contributed by atoms with Crippen LogP contribution in [-0.2, 0) is 0 Å². The van der Waals surface area contributed by atoms with E-state index >= 15 is 0 Å². The van der Waals surface area contributed by atoms with Gasteiger partial charge in [0.1, 0.15) is 0 Å². The molecule has 1 aliphatic heterocycles. The first kappa shape index (κ1) is 9.27. The van der Waals surface area contributed by atoms with Crippen LogP contribution in [0.25, 0.3) is 0 Å². The van der Waals surface area contributed by atoms with Crippen LogP contribution < -0.4 is 16.4 Å². The Morgan fingerprint density at radius 1 is 1.43 bits per heavy atom. The van der Waals surface area contributed by atoms with Gasteiger partial charge < -0.3 is 16.4 Å². The van der Waals surface area contributed by atoms with Crippen molar-refractivity contribution in [2.45, 2.75) is 18.9 Å². The number of nitrogens with one attached hydrogen (secondary N) is 2. The average molecular weight is 192 g/mol. The second-order valence-electron chi connectivity index (χ2n) is 3.63. The van der Waals surface area contributed by atoms with Gasteiger partial charge in [-0.3, -0.25) is 4.98 Å². The normalized spacial score (nSPS) is 18.0. The van der Waals surface area contributed by atoms with Crippen LogP contribution in [-0.4, -0.2) is 24.1 Å². The Morgan fingerprint density at radius 2 is 2.21 bits per heavy atom. The fourth-order valence-electron chi connectivity index (χ4n) is 1.72. The van der Waals surface area contributed by atoms with Crippen LogP contribution in [0, 0.1) is 0 Å². The molecule has 1 saturated heterocycles. The molecule has 0 aliphatic carbocycles. The van der Waals surface area contributed by atoms with E-state index in [2.05, 4.69) is 15.6 Å². The van der Waals surface area contributed by atoms with Gasteiger partial charge in [-0.15, -0.1) is 0 Å². The molecule has 1 fully saturated rings. The van der Waals surface area contributed by atoms with E-state index in [-0.39, 0.29) is 0 Å². The molecule has 0 saturated carbocycles. The van der Waals surface area contributed by atoms with E-state index in [0.717, 1.165) is 37.3 Å². The monoisotopic (exact) mass is 192 g/mol. The highest BCUT2D eigenvalue weighted by atomic mass is 15.0. The van der Waals surface area contributed by atoms with Crippen molar-refractivity contribution < 1.29 is 0 Å². The highest BCUT2D eigenvalue weighted by Gasteiger charge is 2.12. The number of hydrogen-bond acceptors (Lipinski definition) is 4. The Morgan fingerprint density at radius 3 is 2.93 bits per heavy atom. The first-order valence-electron chi connectivity index (χ1n) is 5.03. The van der Waals surface area contributed by atoms with Crippen molar-refractivity contribution in [2.24, 2.45) is 0 Å². The summed E-state index contributed by atoms with van der Waals surface area (Å²) in [5.74, 6) is 0. The summed E-state index contributed by atoms with van der Waals surface area (Å²) in [5, 5.41) is 6.78. The van der Waals surface area contributed by atoms with Crippen LogP contribution in [0.4, 0.5) is 11.4 Å². The standard InChI is InChI=1S/C10H16N4/c11-9-7-13-6-3-10(9)14-8-1-4-12-5-2-8/h3,6-8,12H,1-2,4-5,11H2,(H,13,14). The SMILES string of the molecule is Nc1cnccc1NC1CCNCC1. The number of pyridine rings is 1. The molecule has 1 aromatic rings. The molecule has 0 aromatic carbocycles. The number of nitrogens with two attached hydrogens (primary N) is 1. The van der Waals surface area contributed by atoms with Crippen molar-refractivity contribution in [1.82, 2.24) is 10.3 Å². The van der Waals surface area contributed by atoms with E-state index < -0.39 is 0 Å². The van der Waals surface area contributed by atoms with Crippen LogP contribution in [0.15, 0.2) is 18.5 Å². The van der Waals surface area contributed by atoms with Crippen LogP contribution in [0.3, 0.4) is 0 Å². The molecule has 4 N–H and O–H groups in total. The molecular formula is C10H16N4. The van der Waals surface area contributed by atoms with Crippen molar-refractivity contribution in [3.05, 3.63) is 18.5 Å². The lowest BCUT2D eigenvalue weighted by molar-refractivity contribution is 0.479. The van der Waals surface area contributed by atoms with Crippen molar-refractivity contribution in [1.29, 1.82) is 0 Å². The van der Waals surface area contributed by atoms with Gasteiger partial charge in [-0.05, 0) is 32.0 Å². The quantitative estimate of drug-likeness (QED) is 0.649. The smallest absolute Gasteiger partial charge is 0.0736 e. The summed E-state index contributed by atoms with van der Waals surface area (Å²) in [4.78, 5) is 3.96. The minimum absolute atomic E-state index is 0.543. The molecule has 1 aliphatic rings. The zero-order chi connectivity index (χ0) is 9.80. The Bertz CT molecular complexity index is 294. The third kappa shape index (κ3) is 2.14. The number of nitrogen functional groups attached to an aromatic ring is 1. The Hall–Kier alpha value is -1.29. The third-order valence-corrected chi connectivity index (χ3v) is 2.55.